The molecule has 17 heavy (non-hydrogen) atoms. The molecule has 1 aliphatic rings. The summed E-state index contributed by atoms with van der Waals surface area (Å²) in [7, 11) is 1.77. The van der Waals surface area contributed by atoms with Gasteiger partial charge in [0.2, 0.25) is 0 Å². The van der Waals surface area contributed by atoms with E-state index in [-0.39, 0.29) is 0 Å². The number of aryl methyl sites for hydroxylation is 1. The van der Waals surface area contributed by atoms with Gasteiger partial charge in [-0.1, -0.05) is 6.92 Å². The number of ether oxygens (including phenoxy) is 1. The predicted octanol–water partition coefficient (Wildman–Crippen LogP) is 1.82. The van der Waals surface area contributed by atoms with Gasteiger partial charge >= 0.3 is 0 Å². The van der Waals surface area contributed by atoms with Crippen LogP contribution in [0.15, 0.2) is 0 Å². The van der Waals surface area contributed by atoms with Gasteiger partial charge in [0, 0.05) is 39.3 Å². The maximum absolute atomic E-state index is 5.20. The summed E-state index contributed by atoms with van der Waals surface area (Å²) in [5.74, 6) is 1.79. The zero-order chi connectivity index (χ0) is 12.3. The summed E-state index contributed by atoms with van der Waals surface area (Å²) < 4.78 is 7.61. The zero-order valence-electron chi connectivity index (χ0n) is 11.1. The lowest BCUT2D eigenvalue weighted by Gasteiger charge is -2.21. The van der Waals surface area contributed by atoms with Crippen molar-refractivity contribution in [2.45, 2.75) is 45.7 Å². The lowest BCUT2D eigenvalue weighted by molar-refractivity contribution is 0.185. The van der Waals surface area contributed by atoms with E-state index < -0.39 is 0 Å². The fourth-order valence-electron chi connectivity index (χ4n) is 2.59. The molecule has 1 unspecified atom stereocenters. The molecule has 0 bridgehead atoms. The average molecular weight is 237 g/mol. The largest absolute Gasteiger partial charge is 0.385 e. The number of nitrogens with zero attached hydrogens (tertiary/aromatic N) is 2. The van der Waals surface area contributed by atoms with Crippen LogP contribution in [0, 0.1) is 6.92 Å². The Morgan fingerprint density at radius 3 is 3.06 bits per heavy atom. The summed E-state index contributed by atoms with van der Waals surface area (Å²) in [6.45, 7) is 8.23. The molecule has 1 aromatic heterocycles. The van der Waals surface area contributed by atoms with Gasteiger partial charge in [0.15, 0.2) is 0 Å². The SMILES string of the molecule is CCC(CCOC)c1nc(C)c2n1CCNC2. The molecule has 0 amide bonds. The monoisotopic (exact) mass is 237 g/mol. The van der Waals surface area contributed by atoms with Crippen molar-refractivity contribution >= 4 is 0 Å². The van der Waals surface area contributed by atoms with Gasteiger partial charge in [-0.2, -0.15) is 0 Å². The highest BCUT2D eigenvalue weighted by molar-refractivity contribution is 5.19. The van der Waals surface area contributed by atoms with Crippen molar-refractivity contribution < 1.29 is 4.74 Å². The van der Waals surface area contributed by atoms with Crippen LogP contribution in [0.5, 0.6) is 0 Å². The fraction of sp³-hybridized carbons (Fsp3) is 0.769. The Morgan fingerprint density at radius 2 is 2.35 bits per heavy atom. The first-order valence-corrected chi connectivity index (χ1v) is 6.53. The third-order valence-corrected chi connectivity index (χ3v) is 3.64. The first-order valence-electron chi connectivity index (χ1n) is 6.53. The molecule has 1 N–H and O–H groups in total. The quantitative estimate of drug-likeness (QED) is 0.849. The molecule has 0 radical (unpaired) electrons. The molecule has 0 aromatic carbocycles. The minimum absolute atomic E-state index is 0.528. The number of nitrogens with one attached hydrogen (secondary N) is 1. The molecule has 0 fully saturated rings. The summed E-state index contributed by atoms with van der Waals surface area (Å²) in [5, 5.41) is 3.41. The van der Waals surface area contributed by atoms with E-state index in [4.69, 9.17) is 9.72 Å². The second kappa shape index (κ2) is 5.65. The molecule has 2 rings (SSSR count). The molecule has 4 heteroatoms. The van der Waals surface area contributed by atoms with E-state index in [1.165, 1.54) is 17.2 Å². The number of hydrogen-bond donors (Lipinski definition) is 1. The topological polar surface area (TPSA) is 39.1 Å². The van der Waals surface area contributed by atoms with E-state index in [0.717, 1.165) is 39.1 Å². The molecule has 96 valence electrons. The van der Waals surface area contributed by atoms with Crippen molar-refractivity contribution in [1.82, 2.24) is 14.9 Å². The highest BCUT2D eigenvalue weighted by atomic mass is 16.5. The maximum atomic E-state index is 5.20. The molecular weight excluding hydrogens is 214 g/mol. The first-order chi connectivity index (χ1) is 8.27. The summed E-state index contributed by atoms with van der Waals surface area (Å²) >= 11 is 0. The van der Waals surface area contributed by atoms with Crippen LogP contribution in [0.3, 0.4) is 0 Å². The third kappa shape index (κ3) is 2.53. The second-order valence-electron chi connectivity index (χ2n) is 4.72. The Morgan fingerprint density at radius 1 is 1.53 bits per heavy atom. The number of methoxy groups -OCH3 is 1. The van der Waals surface area contributed by atoms with Crippen molar-refractivity contribution in [2.75, 3.05) is 20.3 Å². The van der Waals surface area contributed by atoms with Crippen LogP contribution in [-0.4, -0.2) is 29.8 Å². The Bertz CT molecular complexity index is 373. The van der Waals surface area contributed by atoms with Crippen LogP contribution in [0.25, 0.3) is 0 Å². The average Bonchev–Trinajstić information content (AvgIpc) is 2.69. The van der Waals surface area contributed by atoms with E-state index in [1.54, 1.807) is 7.11 Å². The summed E-state index contributed by atoms with van der Waals surface area (Å²) in [5.41, 5.74) is 2.55. The second-order valence-corrected chi connectivity index (χ2v) is 4.72. The lowest BCUT2D eigenvalue weighted by Crippen LogP contribution is -2.29. The Hall–Kier alpha value is -0.870. The molecule has 1 aliphatic heterocycles. The highest BCUT2D eigenvalue weighted by Gasteiger charge is 2.22. The minimum atomic E-state index is 0.528. The molecule has 1 aromatic rings. The van der Waals surface area contributed by atoms with Crippen molar-refractivity contribution in [3.05, 3.63) is 17.2 Å². The van der Waals surface area contributed by atoms with Gasteiger partial charge in [-0.15, -0.1) is 0 Å². The molecular formula is C13H23N3O. The molecule has 1 atom stereocenters. The number of aromatic nitrogens is 2. The number of imidazole rings is 1. The first kappa shape index (κ1) is 12.6. The van der Waals surface area contributed by atoms with Crippen LogP contribution in [0.1, 0.15) is 42.9 Å². The molecule has 0 saturated carbocycles. The number of rotatable bonds is 5. The van der Waals surface area contributed by atoms with E-state index in [1.807, 2.05) is 0 Å². The van der Waals surface area contributed by atoms with Crippen LogP contribution in [-0.2, 0) is 17.8 Å². The summed E-state index contributed by atoms with van der Waals surface area (Å²) in [4.78, 5) is 4.78. The standard InChI is InChI=1S/C13H23N3O/c1-4-11(5-8-17-3)13-15-10(2)12-9-14-6-7-16(12)13/h11,14H,4-9H2,1-3H3. The van der Waals surface area contributed by atoms with Gasteiger partial charge < -0.3 is 14.6 Å². The fourth-order valence-corrected chi connectivity index (χ4v) is 2.59. The molecule has 0 aliphatic carbocycles. The van der Waals surface area contributed by atoms with Gasteiger partial charge in [0.05, 0.1) is 11.4 Å². The van der Waals surface area contributed by atoms with Crippen LogP contribution in [0.2, 0.25) is 0 Å². The van der Waals surface area contributed by atoms with Crippen molar-refractivity contribution in [3.8, 4) is 0 Å². The van der Waals surface area contributed by atoms with Crippen molar-refractivity contribution in [1.29, 1.82) is 0 Å². The Kier molecular flexibility index (Phi) is 4.18. The lowest BCUT2D eigenvalue weighted by atomic mass is 10.0. The Labute approximate surface area is 103 Å². The maximum Gasteiger partial charge on any atom is 0.112 e. The van der Waals surface area contributed by atoms with Crippen LogP contribution >= 0.6 is 0 Å². The zero-order valence-corrected chi connectivity index (χ0v) is 11.1. The minimum Gasteiger partial charge on any atom is -0.385 e. The van der Waals surface area contributed by atoms with Gasteiger partial charge in [0.25, 0.3) is 0 Å². The molecule has 0 saturated heterocycles. The Balaban J connectivity index is 2.24. The normalized spacial score (nSPS) is 16.9. The molecule has 4 nitrogen and oxygen atoms in total. The summed E-state index contributed by atoms with van der Waals surface area (Å²) in [6, 6.07) is 0. The van der Waals surface area contributed by atoms with Gasteiger partial charge in [0.1, 0.15) is 5.82 Å². The predicted molar refractivity (Wildman–Crippen MR) is 68.2 cm³/mol. The van der Waals surface area contributed by atoms with E-state index in [9.17, 15) is 0 Å². The summed E-state index contributed by atoms with van der Waals surface area (Å²) in [6.07, 6.45) is 2.20. The number of fused-ring (bicyclic) bond motifs is 1. The van der Waals surface area contributed by atoms with Gasteiger partial charge in [-0.3, -0.25) is 0 Å². The van der Waals surface area contributed by atoms with Gasteiger partial charge in [-0.05, 0) is 19.8 Å². The van der Waals surface area contributed by atoms with Crippen molar-refractivity contribution in [3.63, 3.8) is 0 Å². The molecule has 2 heterocycles. The van der Waals surface area contributed by atoms with E-state index >= 15 is 0 Å². The third-order valence-electron chi connectivity index (χ3n) is 3.64. The van der Waals surface area contributed by atoms with Gasteiger partial charge in [-0.25, -0.2) is 4.98 Å². The highest BCUT2D eigenvalue weighted by Crippen LogP contribution is 2.26. The van der Waals surface area contributed by atoms with Crippen molar-refractivity contribution in [2.24, 2.45) is 0 Å². The number of hydrogen-bond acceptors (Lipinski definition) is 3. The van der Waals surface area contributed by atoms with E-state index in [2.05, 4.69) is 23.7 Å². The molecule has 0 spiro atoms. The van der Waals surface area contributed by atoms with Crippen LogP contribution in [0.4, 0.5) is 0 Å². The van der Waals surface area contributed by atoms with Crippen LogP contribution < -0.4 is 5.32 Å². The van der Waals surface area contributed by atoms with E-state index in [0.29, 0.717) is 5.92 Å². The smallest absolute Gasteiger partial charge is 0.112 e.